The van der Waals surface area contributed by atoms with E-state index in [1.807, 2.05) is 6.92 Å². The van der Waals surface area contributed by atoms with Crippen molar-refractivity contribution in [2.24, 2.45) is 0 Å². The molecular weight excluding hydrogens is 388 g/mol. The molecule has 0 unspecified atom stereocenters. The first kappa shape index (κ1) is 16.9. The van der Waals surface area contributed by atoms with Gasteiger partial charge in [-0.05, 0) is 54.1 Å². The molecule has 1 aliphatic carbocycles. The molecule has 3 heterocycles. The van der Waals surface area contributed by atoms with Crippen molar-refractivity contribution >= 4 is 32.9 Å². The summed E-state index contributed by atoms with van der Waals surface area (Å²) in [6.07, 6.45) is 4.98. The summed E-state index contributed by atoms with van der Waals surface area (Å²) in [6.45, 7) is 2.81. The molecular formula is C17H21BrN4O3. The smallest absolute Gasteiger partial charge is 0.267 e. The summed E-state index contributed by atoms with van der Waals surface area (Å²) >= 11 is 3.43. The Bertz CT molecular complexity index is 865. The Hall–Kier alpha value is -1.51. The number of ether oxygens (including phenoxy) is 1. The van der Waals surface area contributed by atoms with E-state index in [2.05, 4.69) is 31.2 Å². The second-order valence-electron chi connectivity index (χ2n) is 6.81. The predicted molar refractivity (Wildman–Crippen MR) is 98.0 cm³/mol. The third kappa shape index (κ3) is 2.96. The van der Waals surface area contributed by atoms with Gasteiger partial charge < -0.3 is 15.2 Å². The molecule has 2 aromatic rings. The van der Waals surface area contributed by atoms with Crippen LogP contribution in [0, 0.1) is 6.92 Å². The van der Waals surface area contributed by atoms with E-state index in [1.165, 1.54) is 0 Å². The first-order valence-corrected chi connectivity index (χ1v) is 9.45. The van der Waals surface area contributed by atoms with Gasteiger partial charge in [0.2, 0.25) is 5.95 Å². The Morgan fingerprint density at radius 1 is 1.40 bits per heavy atom. The van der Waals surface area contributed by atoms with Crippen LogP contribution < -0.4 is 10.9 Å². The number of aromatic nitrogens is 3. The molecule has 0 bridgehead atoms. The van der Waals surface area contributed by atoms with E-state index in [1.54, 1.807) is 10.8 Å². The molecule has 1 saturated carbocycles. The minimum absolute atomic E-state index is 0.0366. The monoisotopic (exact) mass is 408 g/mol. The van der Waals surface area contributed by atoms with Crippen molar-refractivity contribution in [2.75, 3.05) is 18.5 Å². The van der Waals surface area contributed by atoms with Crippen LogP contribution in [-0.2, 0) is 4.74 Å². The molecule has 7 nitrogen and oxygen atoms in total. The molecule has 1 saturated heterocycles. The van der Waals surface area contributed by atoms with Crippen LogP contribution in [0.15, 0.2) is 15.5 Å². The highest BCUT2D eigenvalue weighted by Gasteiger charge is 2.27. The molecule has 134 valence electrons. The lowest BCUT2D eigenvalue weighted by molar-refractivity contribution is -0.0136. The molecule has 2 N–H and O–H groups in total. The summed E-state index contributed by atoms with van der Waals surface area (Å²) in [6, 6.07) is 0.0509. The van der Waals surface area contributed by atoms with Crippen LogP contribution in [0.5, 0.6) is 0 Å². The lowest BCUT2D eigenvalue weighted by Gasteiger charge is -2.30. The Balaban J connectivity index is 1.78. The van der Waals surface area contributed by atoms with E-state index < -0.39 is 6.10 Å². The molecule has 0 radical (unpaired) electrons. The lowest BCUT2D eigenvalue weighted by Crippen LogP contribution is -2.42. The van der Waals surface area contributed by atoms with E-state index in [0.29, 0.717) is 35.7 Å². The maximum Gasteiger partial charge on any atom is 0.267 e. The third-order valence-corrected chi connectivity index (χ3v) is 6.15. The van der Waals surface area contributed by atoms with E-state index in [-0.39, 0.29) is 17.6 Å². The van der Waals surface area contributed by atoms with Crippen molar-refractivity contribution in [3.05, 3.63) is 26.6 Å². The summed E-state index contributed by atoms with van der Waals surface area (Å²) in [5.74, 6) is 0.438. The molecule has 1 aliphatic heterocycles. The standard InChI is InChI=1S/C17H21BrN4O3/c1-9-11-7-19-17(20-12-5-6-25-8-13(12)23)21-15(11)22(10-3-2-4-10)16(24)14(9)18/h7,10,12-13,23H,2-6,8H2,1H3,(H,19,20,21)/t12-,13-/m1/s1. The lowest BCUT2D eigenvalue weighted by atomic mass is 9.92. The number of fused-ring (bicyclic) bond motifs is 1. The highest BCUT2D eigenvalue weighted by molar-refractivity contribution is 9.10. The van der Waals surface area contributed by atoms with Crippen LogP contribution in [0.1, 0.15) is 37.3 Å². The topological polar surface area (TPSA) is 89.3 Å². The number of nitrogens with one attached hydrogen (secondary N) is 1. The number of aliphatic hydroxyl groups is 1. The summed E-state index contributed by atoms with van der Waals surface area (Å²) in [5.41, 5.74) is 1.48. The SMILES string of the molecule is Cc1c(Br)c(=O)n(C2CCC2)c2nc(N[C@@H]3CCOC[C@H]3O)ncc12. The number of nitrogens with zero attached hydrogens (tertiary/aromatic N) is 3. The van der Waals surface area contributed by atoms with E-state index in [9.17, 15) is 9.90 Å². The van der Waals surface area contributed by atoms with Crippen molar-refractivity contribution in [3.63, 3.8) is 0 Å². The van der Waals surface area contributed by atoms with E-state index in [0.717, 1.165) is 30.2 Å². The minimum Gasteiger partial charge on any atom is -0.389 e. The fourth-order valence-corrected chi connectivity index (χ4v) is 3.82. The molecule has 2 aliphatic rings. The molecule has 0 amide bonds. The summed E-state index contributed by atoms with van der Waals surface area (Å²) < 4.78 is 7.63. The number of hydrogen-bond donors (Lipinski definition) is 2. The van der Waals surface area contributed by atoms with Crippen LogP contribution >= 0.6 is 15.9 Å². The molecule has 0 spiro atoms. The Kier molecular flexibility index (Phi) is 4.51. The largest absolute Gasteiger partial charge is 0.389 e. The van der Waals surface area contributed by atoms with Crippen molar-refractivity contribution in [1.82, 2.24) is 14.5 Å². The number of aryl methyl sites for hydroxylation is 1. The van der Waals surface area contributed by atoms with Crippen LogP contribution in [0.3, 0.4) is 0 Å². The molecule has 4 rings (SSSR count). The predicted octanol–water partition coefficient (Wildman–Crippen LogP) is 2.15. The average Bonchev–Trinajstić information content (AvgIpc) is 2.57. The van der Waals surface area contributed by atoms with Crippen molar-refractivity contribution in [2.45, 2.75) is 50.8 Å². The first-order chi connectivity index (χ1) is 12.1. The van der Waals surface area contributed by atoms with Crippen LogP contribution in [0.25, 0.3) is 11.0 Å². The molecule has 2 atom stereocenters. The van der Waals surface area contributed by atoms with Gasteiger partial charge in [0.15, 0.2) is 0 Å². The number of halogens is 1. The zero-order valence-corrected chi connectivity index (χ0v) is 15.6. The number of pyridine rings is 1. The van der Waals surface area contributed by atoms with E-state index in [4.69, 9.17) is 4.74 Å². The van der Waals surface area contributed by atoms with Gasteiger partial charge in [0.05, 0.1) is 23.2 Å². The van der Waals surface area contributed by atoms with Gasteiger partial charge in [0.1, 0.15) is 5.65 Å². The van der Waals surface area contributed by atoms with Crippen LogP contribution in [0.4, 0.5) is 5.95 Å². The van der Waals surface area contributed by atoms with Gasteiger partial charge >= 0.3 is 0 Å². The highest BCUT2D eigenvalue weighted by atomic mass is 79.9. The number of rotatable bonds is 3. The quantitative estimate of drug-likeness (QED) is 0.808. The Morgan fingerprint density at radius 3 is 2.88 bits per heavy atom. The van der Waals surface area contributed by atoms with Crippen molar-refractivity contribution in [1.29, 1.82) is 0 Å². The highest BCUT2D eigenvalue weighted by Crippen LogP contribution is 2.34. The maximum atomic E-state index is 12.8. The molecule has 25 heavy (non-hydrogen) atoms. The summed E-state index contributed by atoms with van der Waals surface area (Å²) in [7, 11) is 0. The molecule has 8 heteroatoms. The summed E-state index contributed by atoms with van der Waals surface area (Å²) in [5, 5.41) is 14.1. The fraction of sp³-hybridized carbons (Fsp3) is 0.588. The minimum atomic E-state index is -0.589. The third-order valence-electron chi connectivity index (χ3n) is 5.22. The van der Waals surface area contributed by atoms with Gasteiger partial charge in [-0.1, -0.05) is 0 Å². The number of aliphatic hydroxyl groups excluding tert-OH is 1. The average molecular weight is 409 g/mol. The van der Waals surface area contributed by atoms with E-state index >= 15 is 0 Å². The molecule has 2 fully saturated rings. The van der Waals surface area contributed by atoms with Crippen LogP contribution in [0.2, 0.25) is 0 Å². The molecule has 0 aromatic carbocycles. The Labute approximate surface area is 153 Å². The van der Waals surface area contributed by atoms with Gasteiger partial charge in [0.25, 0.3) is 5.56 Å². The zero-order valence-electron chi connectivity index (χ0n) is 14.0. The van der Waals surface area contributed by atoms with Gasteiger partial charge in [-0.2, -0.15) is 4.98 Å². The fourth-order valence-electron chi connectivity index (χ4n) is 3.41. The van der Waals surface area contributed by atoms with Crippen molar-refractivity contribution in [3.8, 4) is 0 Å². The maximum absolute atomic E-state index is 12.8. The Morgan fingerprint density at radius 2 is 2.20 bits per heavy atom. The normalized spacial score (nSPS) is 24.3. The second-order valence-corrected chi connectivity index (χ2v) is 7.60. The second kappa shape index (κ2) is 6.66. The number of anilines is 1. The van der Waals surface area contributed by atoms with Gasteiger partial charge in [-0.15, -0.1) is 0 Å². The van der Waals surface area contributed by atoms with Gasteiger partial charge in [-0.25, -0.2) is 4.98 Å². The summed E-state index contributed by atoms with van der Waals surface area (Å²) in [4.78, 5) is 21.8. The first-order valence-electron chi connectivity index (χ1n) is 8.66. The zero-order chi connectivity index (χ0) is 17.6. The molecule has 2 aromatic heterocycles. The number of hydrogen-bond acceptors (Lipinski definition) is 6. The van der Waals surface area contributed by atoms with Crippen molar-refractivity contribution < 1.29 is 9.84 Å². The van der Waals surface area contributed by atoms with Gasteiger partial charge in [0, 0.05) is 24.2 Å². The van der Waals surface area contributed by atoms with Crippen LogP contribution in [-0.4, -0.2) is 45.0 Å². The van der Waals surface area contributed by atoms with Gasteiger partial charge in [-0.3, -0.25) is 9.36 Å².